The molecule has 2 N–H and O–H groups in total. The Kier molecular flexibility index (Phi) is 5.66. The van der Waals surface area contributed by atoms with Crippen molar-refractivity contribution in [2.75, 3.05) is 5.32 Å². The number of carbonyl (C=O) groups is 2. The highest BCUT2D eigenvalue weighted by Crippen LogP contribution is 2.22. The van der Waals surface area contributed by atoms with Gasteiger partial charge >= 0.3 is 0 Å². The fourth-order valence-electron chi connectivity index (χ4n) is 2.21. The van der Waals surface area contributed by atoms with E-state index >= 15 is 0 Å². The van der Waals surface area contributed by atoms with Crippen molar-refractivity contribution in [1.82, 2.24) is 5.32 Å². The minimum Gasteiger partial charge on any atom is -0.465 e. The first kappa shape index (κ1) is 17.7. The van der Waals surface area contributed by atoms with Crippen LogP contribution in [0.2, 0.25) is 0 Å². The summed E-state index contributed by atoms with van der Waals surface area (Å²) < 4.78 is 5.99. The van der Waals surface area contributed by atoms with Gasteiger partial charge in [0.25, 0.3) is 11.8 Å². The van der Waals surface area contributed by atoms with Gasteiger partial charge < -0.3 is 15.1 Å². The monoisotopic (exact) mass is 410 g/mol. The molecule has 0 unspecified atom stereocenters. The molecule has 0 atom stereocenters. The summed E-state index contributed by atoms with van der Waals surface area (Å²) in [6.45, 7) is 0. The van der Waals surface area contributed by atoms with Gasteiger partial charge in [-0.1, -0.05) is 30.3 Å². The smallest absolute Gasteiger partial charge is 0.272 e. The summed E-state index contributed by atoms with van der Waals surface area (Å²) in [7, 11) is 0. The molecule has 0 spiro atoms. The normalized spacial score (nSPS) is 11.0. The molecule has 5 nitrogen and oxygen atoms in total. The van der Waals surface area contributed by atoms with Crippen molar-refractivity contribution < 1.29 is 14.0 Å². The molecule has 130 valence electrons. The van der Waals surface area contributed by atoms with E-state index in [9.17, 15) is 9.59 Å². The molecule has 0 saturated heterocycles. The third-order valence-corrected chi connectivity index (χ3v) is 4.17. The molecular formula is C20H15BrN2O3. The largest absolute Gasteiger partial charge is 0.465 e. The van der Waals surface area contributed by atoms with Gasteiger partial charge in [0.2, 0.25) is 0 Å². The first-order chi connectivity index (χ1) is 12.6. The van der Waals surface area contributed by atoms with Crippen LogP contribution >= 0.6 is 15.9 Å². The SMILES string of the molecule is O=C(Nc1ccccc1Br)/C(=C\c1ccco1)NC(=O)c1ccccc1. The minimum atomic E-state index is -0.461. The van der Waals surface area contributed by atoms with Crippen molar-refractivity contribution >= 4 is 39.5 Å². The second kappa shape index (κ2) is 8.31. The number of para-hydroxylation sites is 1. The van der Waals surface area contributed by atoms with E-state index in [-0.39, 0.29) is 11.6 Å². The van der Waals surface area contributed by atoms with Gasteiger partial charge in [-0.15, -0.1) is 0 Å². The summed E-state index contributed by atoms with van der Waals surface area (Å²) in [5.74, 6) is -0.390. The quantitative estimate of drug-likeness (QED) is 0.610. The van der Waals surface area contributed by atoms with Gasteiger partial charge in [-0.25, -0.2) is 0 Å². The van der Waals surface area contributed by atoms with Crippen LogP contribution in [0.1, 0.15) is 16.1 Å². The summed E-state index contributed by atoms with van der Waals surface area (Å²) >= 11 is 3.38. The summed E-state index contributed by atoms with van der Waals surface area (Å²) in [4.78, 5) is 25.1. The fraction of sp³-hybridized carbons (Fsp3) is 0. The lowest BCUT2D eigenvalue weighted by molar-refractivity contribution is -0.113. The summed E-state index contributed by atoms with van der Waals surface area (Å²) in [5.41, 5.74) is 1.12. The van der Waals surface area contributed by atoms with E-state index in [1.165, 1.54) is 12.3 Å². The van der Waals surface area contributed by atoms with Crippen LogP contribution in [0.3, 0.4) is 0 Å². The molecule has 2 aromatic carbocycles. The zero-order valence-corrected chi connectivity index (χ0v) is 15.2. The van der Waals surface area contributed by atoms with E-state index in [4.69, 9.17) is 4.42 Å². The Hall–Kier alpha value is -3.12. The van der Waals surface area contributed by atoms with Gasteiger partial charge in [0.1, 0.15) is 11.5 Å². The van der Waals surface area contributed by atoms with Crippen molar-refractivity contribution in [2.45, 2.75) is 0 Å². The maximum absolute atomic E-state index is 12.7. The van der Waals surface area contributed by atoms with Gasteiger partial charge in [-0.3, -0.25) is 9.59 Å². The van der Waals surface area contributed by atoms with E-state index < -0.39 is 5.91 Å². The van der Waals surface area contributed by atoms with Crippen molar-refractivity contribution in [3.63, 3.8) is 0 Å². The van der Waals surface area contributed by atoms with Gasteiger partial charge in [0.05, 0.1) is 12.0 Å². The number of furan rings is 1. The van der Waals surface area contributed by atoms with E-state index in [1.807, 2.05) is 18.2 Å². The number of amides is 2. The lowest BCUT2D eigenvalue weighted by atomic mass is 10.2. The number of hydrogen-bond donors (Lipinski definition) is 2. The number of rotatable bonds is 5. The molecule has 0 radical (unpaired) electrons. The van der Waals surface area contributed by atoms with Crippen molar-refractivity contribution in [1.29, 1.82) is 0 Å². The maximum atomic E-state index is 12.7. The predicted molar refractivity (Wildman–Crippen MR) is 103 cm³/mol. The first-order valence-corrected chi connectivity index (χ1v) is 8.60. The van der Waals surface area contributed by atoms with E-state index in [1.54, 1.807) is 48.5 Å². The molecule has 2 amide bonds. The lowest BCUT2D eigenvalue weighted by Gasteiger charge is -2.11. The third-order valence-electron chi connectivity index (χ3n) is 3.48. The van der Waals surface area contributed by atoms with E-state index in [0.717, 1.165) is 4.47 Å². The Bertz CT molecular complexity index is 935. The zero-order valence-electron chi connectivity index (χ0n) is 13.6. The van der Waals surface area contributed by atoms with Crippen molar-refractivity contribution in [3.05, 3.63) is 94.5 Å². The van der Waals surface area contributed by atoms with Gasteiger partial charge in [-0.2, -0.15) is 0 Å². The Morgan fingerprint density at radius 3 is 2.35 bits per heavy atom. The Morgan fingerprint density at radius 2 is 1.65 bits per heavy atom. The summed E-state index contributed by atoms with van der Waals surface area (Å²) in [6, 6.07) is 19.3. The number of halogens is 1. The number of benzene rings is 2. The van der Waals surface area contributed by atoms with Crippen LogP contribution in [-0.4, -0.2) is 11.8 Å². The molecule has 6 heteroatoms. The van der Waals surface area contributed by atoms with Crippen LogP contribution in [0.5, 0.6) is 0 Å². The van der Waals surface area contributed by atoms with Crippen molar-refractivity contribution in [2.24, 2.45) is 0 Å². The highest BCUT2D eigenvalue weighted by Gasteiger charge is 2.16. The van der Waals surface area contributed by atoms with Crippen LogP contribution in [-0.2, 0) is 4.79 Å². The Balaban J connectivity index is 1.85. The second-order valence-electron chi connectivity index (χ2n) is 5.33. The summed E-state index contributed by atoms with van der Waals surface area (Å²) in [5, 5.41) is 5.41. The molecule has 0 fully saturated rings. The van der Waals surface area contributed by atoms with Crippen molar-refractivity contribution in [3.8, 4) is 0 Å². The molecule has 3 aromatic rings. The number of anilines is 1. The third kappa shape index (κ3) is 4.49. The molecule has 26 heavy (non-hydrogen) atoms. The van der Waals surface area contributed by atoms with Gasteiger partial charge in [0.15, 0.2) is 0 Å². The van der Waals surface area contributed by atoms with Crippen LogP contribution < -0.4 is 10.6 Å². The van der Waals surface area contributed by atoms with Gasteiger partial charge in [0, 0.05) is 16.1 Å². The number of nitrogens with one attached hydrogen (secondary N) is 2. The summed E-state index contributed by atoms with van der Waals surface area (Å²) in [6.07, 6.45) is 2.97. The maximum Gasteiger partial charge on any atom is 0.272 e. The Morgan fingerprint density at radius 1 is 0.923 bits per heavy atom. The van der Waals surface area contributed by atoms with Crippen LogP contribution in [0.4, 0.5) is 5.69 Å². The number of carbonyl (C=O) groups excluding carboxylic acids is 2. The zero-order chi connectivity index (χ0) is 18.4. The molecule has 0 aliphatic heterocycles. The topological polar surface area (TPSA) is 71.3 Å². The average Bonchev–Trinajstić information content (AvgIpc) is 3.17. The molecule has 0 saturated carbocycles. The molecule has 0 aliphatic rings. The fourth-order valence-corrected chi connectivity index (χ4v) is 2.59. The van der Waals surface area contributed by atoms with Crippen LogP contribution in [0.25, 0.3) is 6.08 Å². The van der Waals surface area contributed by atoms with Crippen LogP contribution in [0, 0.1) is 0 Å². The lowest BCUT2D eigenvalue weighted by Crippen LogP contribution is -2.30. The molecule has 3 rings (SSSR count). The van der Waals surface area contributed by atoms with Crippen LogP contribution in [0.15, 0.2) is 87.6 Å². The highest BCUT2D eigenvalue weighted by molar-refractivity contribution is 9.10. The molecule has 0 aliphatic carbocycles. The Labute approximate surface area is 158 Å². The predicted octanol–water partition coefficient (Wildman–Crippen LogP) is 4.45. The first-order valence-electron chi connectivity index (χ1n) is 7.81. The number of hydrogen-bond acceptors (Lipinski definition) is 3. The average molecular weight is 411 g/mol. The molecular weight excluding hydrogens is 396 g/mol. The second-order valence-corrected chi connectivity index (χ2v) is 6.18. The molecule has 0 bridgehead atoms. The van der Waals surface area contributed by atoms with Gasteiger partial charge in [-0.05, 0) is 52.3 Å². The standard InChI is InChI=1S/C20H15BrN2O3/c21-16-10-4-5-11-17(16)22-20(25)18(13-15-9-6-12-26-15)23-19(24)14-7-2-1-3-8-14/h1-13H,(H,22,25)(H,23,24)/b18-13+. The molecule has 1 heterocycles. The van der Waals surface area contributed by atoms with E-state index in [2.05, 4.69) is 26.6 Å². The van der Waals surface area contributed by atoms with E-state index in [0.29, 0.717) is 17.0 Å². The highest BCUT2D eigenvalue weighted by atomic mass is 79.9. The minimum absolute atomic E-state index is 0.0737. The molecule has 1 aromatic heterocycles.